The minimum Gasteiger partial charge on any atom is -0.469 e. The van der Waals surface area contributed by atoms with E-state index in [9.17, 15) is 19.2 Å². The van der Waals surface area contributed by atoms with Crippen LogP contribution in [0.5, 0.6) is 0 Å². The maximum atomic E-state index is 11.8. The summed E-state index contributed by atoms with van der Waals surface area (Å²) < 4.78 is 4.72. The average molecular weight is 362 g/mol. The zero-order chi connectivity index (χ0) is 20.1. The van der Waals surface area contributed by atoms with Crippen molar-refractivity contribution >= 4 is 24.3 Å². The highest BCUT2D eigenvalue weighted by molar-refractivity contribution is 5.80. The van der Waals surface area contributed by atoms with Gasteiger partial charge in [0.25, 0.3) is 0 Å². The van der Waals surface area contributed by atoms with Gasteiger partial charge >= 0.3 is 5.97 Å². The number of aldehydes is 2. The molecule has 0 bridgehead atoms. The number of methoxy groups -OCH3 is 1. The Kier molecular flexibility index (Phi) is 11.8. The quantitative estimate of drug-likeness (QED) is 0.216. The third-order valence-electron chi connectivity index (χ3n) is 4.14. The standard InChI is InChI=1S/C21H30O5/c1-15(2)8-6-11-18(13-22)19(12-21(25)26-5)20(14-23)16(3)9-7-10-17(4)24/h8,11,13-14,19-20H,3,6-7,9-10,12H2,1-2,4-5H3. The Labute approximate surface area is 156 Å². The molecule has 0 rings (SSSR count). The summed E-state index contributed by atoms with van der Waals surface area (Å²) in [5.41, 5.74) is 2.11. The second-order valence-corrected chi connectivity index (χ2v) is 6.60. The molecule has 0 spiro atoms. The normalized spacial score (nSPS) is 13.3. The first kappa shape index (κ1) is 23.7. The van der Waals surface area contributed by atoms with Crippen LogP contribution in [0.15, 0.2) is 35.5 Å². The highest BCUT2D eigenvalue weighted by atomic mass is 16.5. The van der Waals surface area contributed by atoms with E-state index in [0.717, 1.165) is 11.9 Å². The van der Waals surface area contributed by atoms with E-state index >= 15 is 0 Å². The lowest BCUT2D eigenvalue weighted by molar-refractivity contribution is -0.141. The Morgan fingerprint density at radius 1 is 1.08 bits per heavy atom. The minimum atomic E-state index is -0.677. The average Bonchev–Trinajstić information content (AvgIpc) is 2.57. The molecule has 0 amide bonds. The number of ether oxygens (including phenoxy) is 1. The molecule has 0 saturated heterocycles. The third kappa shape index (κ3) is 9.25. The van der Waals surface area contributed by atoms with Crippen LogP contribution in [-0.2, 0) is 23.9 Å². The molecule has 5 nitrogen and oxygen atoms in total. The molecule has 0 aromatic rings. The van der Waals surface area contributed by atoms with Crippen LogP contribution in [0.3, 0.4) is 0 Å². The zero-order valence-corrected chi connectivity index (χ0v) is 16.2. The summed E-state index contributed by atoms with van der Waals surface area (Å²) in [5, 5.41) is 0. The molecule has 0 heterocycles. The fraction of sp³-hybridized carbons (Fsp3) is 0.524. The number of rotatable bonds is 13. The predicted molar refractivity (Wildman–Crippen MR) is 102 cm³/mol. The van der Waals surface area contributed by atoms with Crippen LogP contribution in [0.4, 0.5) is 0 Å². The van der Waals surface area contributed by atoms with Crippen molar-refractivity contribution in [2.24, 2.45) is 11.8 Å². The van der Waals surface area contributed by atoms with Crippen LogP contribution in [0.25, 0.3) is 0 Å². The number of esters is 1. The number of hydrogen-bond donors (Lipinski definition) is 0. The van der Waals surface area contributed by atoms with Gasteiger partial charge in [0, 0.05) is 18.3 Å². The number of ketones is 1. The van der Waals surface area contributed by atoms with Crippen LogP contribution in [0, 0.1) is 11.8 Å². The molecule has 2 atom stereocenters. The first-order valence-electron chi connectivity index (χ1n) is 8.74. The summed E-state index contributed by atoms with van der Waals surface area (Å²) >= 11 is 0. The summed E-state index contributed by atoms with van der Waals surface area (Å²) in [4.78, 5) is 46.2. The van der Waals surface area contributed by atoms with E-state index in [1.807, 2.05) is 19.9 Å². The van der Waals surface area contributed by atoms with Gasteiger partial charge < -0.3 is 14.3 Å². The van der Waals surface area contributed by atoms with E-state index < -0.39 is 17.8 Å². The largest absolute Gasteiger partial charge is 0.469 e. The second kappa shape index (κ2) is 13.0. The molecule has 26 heavy (non-hydrogen) atoms. The minimum absolute atomic E-state index is 0.0711. The van der Waals surface area contributed by atoms with E-state index in [1.54, 1.807) is 6.08 Å². The van der Waals surface area contributed by atoms with Crippen LogP contribution < -0.4 is 0 Å². The van der Waals surface area contributed by atoms with Gasteiger partial charge in [-0.1, -0.05) is 29.9 Å². The van der Waals surface area contributed by atoms with Gasteiger partial charge in [-0.15, -0.1) is 0 Å². The Balaban J connectivity index is 5.50. The van der Waals surface area contributed by atoms with Gasteiger partial charge in [0.15, 0.2) is 0 Å². The number of carbonyl (C=O) groups is 4. The number of allylic oxidation sites excluding steroid dienone is 5. The monoisotopic (exact) mass is 362 g/mol. The smallest absolute Gasteiger partial charge is 0.306 e. The molecule has 0 N–H and O–H groups in total. The molecule has 0 aromatic heterocycles. The first-order valence-corrected chi connectivity index (χ1v) is 8.74. The van der Waals surface area contributed by atoms with Crippen molar-refractivity contribution in [2.75, 3.05) is 7.11 Å². The van der Waals surface area contributed by atoms with Crippen LogP contribution in [0.2, 0.25) is 0 Å². The van der Waals surface area contributed by atoms with Crippen molar-refractivity contribution < 1.29 is 23.9 Å². The van der Waals surface area contributed by atoms with E-state index in [-0.39, 0.29) is 12.2 Å². The van der Waals surface area contributed by atoms with Crippen molar-refractivity contribution in [2.45, 2.75) is 52.9 Å². The van der Waals surface area contributed by atoms with Crippen molar-refractivity contribution in [1.82, 2.24) is 0 Å². The van der Waals surface area contributed by atoms with Crippen LogP contribution in [0.1, 0.15) is 52.9 Å². The summed E-state index contributed by atoms with van der Waals surface area (Å²) in [6.07, 6.45) is 7.03. The maximum Gasteiger partial charge on any atom is 0.306 e. The van der Waals surface area contributed by atoms with Crippen molar-refractivity contribution in [3.63, 3.8) is 0 Å². The molecular weight excluding hydrogens is 332 g/mol. The lowest BCUT2D eigenvalue weighted by Crippen LogP contribution is -2.25. The maximum absolute atomic E-state index is 11.8. The van der Waals surface area contributed by atoms with Gasteiger partial charge in [0.1, 0.15) is 18.4 Å². The van der Waals surface area contributed by atoms with E-state index in [4.69, 9.17) is 4.74 Å². The van der Waals surface area contributed by atoms with E-state index in [1.165, 1.54) is 14.0 Å². The predicted octanol–water partition coefficient (Wildman–Crippen LogP) is 3.78. The van der Waals surface area contributed by atoms with Gasteiger partial charge in [0.05, 0.1) is 13.5 Å². The van der Waals surface area contributed by atoms with Gasteiger partial charge in [-0.05, 0) is 45.6 Å². The summed E-state index contributed by atoms with van der Waals surface area (Å²) in [6.45, 7) is 9.36. The molecule has 0 fully saturated rings. The second-order valence-electron chi connectivity index (χ2n) is 6.60. The van der Waals surface area contributed by atoms with Gasteiger partial charge in [-0.25, -0.2) is 0 Å². The lowest BCUT2D eigenvalue weighted by Gasteiger charge is -2.24. The Morgan fingerprint density at radius 3 is 2.19 bits per heavy atom. The lowest BCUT2D eigenvalue weighted by atomic mass is 9.78. The molecule has 5 heteroatoms. The first-order chi connectivity index (χ1) is 12.3. The summed E-state index contributed by atoms with van der Waals surface area (Å²) in [5.74, 6) is -1.72. The number of Topliss-reactive ketones (excluding diaryl/α,β-unsaturated/α-hetero) is 1. The molecule has 2 unspecified atom stereocenters. The van der Waals surface area contributed by atoms with Crippen LogP contribution in [-0.4, -0.2) is 31.4 Å². The van der Waals surface area contributed by atoms with Crippen molar-refractivity contribution in [1.29, 1.82) is 0 Å². The highest BCUT2D eigenvalue weighted by Gasteiger charge is 2.29. The molecular formula is C21H30O5. The molecule has 0 saturated carbocycles. The van der Waals surface area contributed by atoms with Crippen LogP contribution >= 0.6 is 0 Å². The zero-order valence-electron chi connectivity index (χ0n) is 16.2. The third-order valence-corrected chi connectivity index (χ3v) is 4.14. The van der Waals surface area contributed by atoms with Crippen molar-refractivity contribution in [3.05, 3.63) is 35.5 Å². The SMILES string of the molecule is C=C(CCCC(C)=O)C(C=O)C(CC(=O)OC)C(C=O)=CCC=C(C)C. The van der Waals surface area contributed by atoms with Gasteiger partial charge in [-0.3, -0.25) is 9.59 Å². The fourth-order valence-electron chi connectivity index (χ4n) is 2.64. The van der Waals surface area contributed by atoms with Gasteiger partial charge in [0.2, 0.25) is 0 Å². The molecule has 0 aromatic carbocycles. The molecule has 0 radical (unpaired) electrons. The Hall–Kier alpha value is -2.30. The van der Waals surface area contributed by atoms with E-state index in [2.05, 4.69) is 6.58 Å². The van der Waals surface area contributed by atoms with Gasteiger partial charge in [-0.2, -0.15) is 0 Å². The number of hydrogen-bond acceptors (Lipinski definition) is 5. The highest BCUT2D eigenvalue weighted by Crippen LogP contribution is 2.30. The Morgan fingerprint density at radius 2 is 1.73 bits per heavy atom. The number of carbonyl (C=O) groups excluding carboxylic acids is 4. The van der Waals surface area contributed by atoms with Crippen molar-refractivity contribution in [3.8, 4) is 0 Å². The summed E-state index contributed by atoms with van der Waals surface area (Å²) in [7, 11) is 1.27. The topological polar surface area (TPSA) is 77.5 Å². The molecule has 144 valence electrons. The molecule has 0 aliphatic rings. The summed E-state index contributed by atoms with van der Waals surface area (Å²) in [6, 6.07) is 0. The van der Waals surface area contributed by atoms with E-state index in [0.29, 0.717) is 43.1 Å². The molecule has 0 aliphatic heterocycles. The molecule has 0 aliphatic carbocycles. The fourth-order valence-corrected chi connectivity index (χ4v) is 2.64. The Bertz CT molecular complexity index is 579.